The molecule has 0 atom stereocenters. The zero-order valence-electron chi connectivity index (χ0n) is 13.8. The van der Waals surface area contributed by atoms with E-state index in [9.17, 15) is 4.79 Å². The summed E-state index contributed by atoms with van der Waals surface area (Å²) in [6.45, 7) is 3.00. The third-order valence-corrected chi connectivity index (χ3v) is 3.87. The van der Waals surface area contributed by atoms with E-state index in [2.05, 4.69) is 10.6 Å². The van der Waals surface area contributed by atoms with Gasteiger partial charge in [0, 0.05) is 17.6 Å². The van der Waals surface area contributed by atoms with Crippen LogP contribution >= 0.6 is 23.8 Å². The molecule has 0 saturated carbocycles. The molecule has 0 aromatic heterocycles. The van der Waals surface area contributed by atoms with Gasteiger partial charge in [-0.05, 0) is 54.5 Å². The van der Waals surface area contributed by atoms with Crippen molar-refractivity contribution in [2.24, 2.45) is 0 Å². The number of hydrogen-bond acceptors (Lipinski definition) is 3. The highest BCUT2D eigenvalue weighted by Crippen LogP contribution is 2.14. The van der Waals surface area contributed by atoms with Gasteiger partial charge in [0.25, 0.3) is 0 Å². The summed E-state index contributed by atoms with van der Waals surface area (Å²) >= 11 is 11.2. The highest BCUT2D eigenvalue weighted by molar-refractivity contribution is 7.80. The molecule has 130 valence electrons. The van der Waals surface area contributed by atoms with Gasteiger partial charge in [-0.25, -0.2) is 0 Å². The number of halogens is 1. The van der Waals surface area contributed by atoms with Crippen LogP contribution < -0.4 is 15.4 Å². The first-order valence-corrected chi connectivity index (χ1v) is 8.60. The largest absolute Gasteiger partial charge is 0.494 e. The van der Waals surface area contributed by atoms with Gasteiger partial charge in [0.1, 0.15) is 5.75 Å². The van der Waals surface area contributed by atoms with E-state index in [1.807, 2.05) is 49.4 Å². The summed E-state index contributed by atoms with van der Waals surface area (Å²) < 4.78 is 5.37. The fraction of sp³-hybridized carbons (Fsp3) is 0.158. The van der Waals surface area contributed by atoms with Crippen molar-refractivity contribution in [3.63, 3.8) is 0 Å². The van der Waals surface area contributed by atoms with Crippen LogP contribution in [-0.2, 0) is 11.3 Å². The van der Waals surface area contributed by atoms with Gasteiger partial charge in [0.15, 0.2) is 5.11 Å². The van der Waals surface area contributed by atoms with Gasteiger partial charge < -0.3 is 10.1 Å². The lowest BCUT2D eigenvalue weighted by Gasteiger charge is -2.09. The van der Waals surface area contributed by atoms with Crippen LogP contribution in [0.3, 0.4) is 0 Å². The Kier molecular flexibility index (Phi) is 7.44. The molecule has 0 aliphatic rings. The molecule has 2 N–H and O–H groups in total. The van der Waals surface area contributed by atoms with E-state index in [0.717, 1.165) is 16.9 Å². The molecule has 0 fully saturated rings. The third-order valence-electron chi connectivity index (χ3n) is 3.25. The number of thiocarbonyl (C=S) groups is 1. The van der Waals surface area contributed by atoms with Gasteiger partial charge in [-0.15, -0.1) is 0 Å². The highest BCUT2D eigenvalue weighted by Gasteiger charge is 2.03. The van der Waals surface area contributed by atoms with Gasteiger partial charge in [-0.1, -0.05) is 41.9 Å². The Hall–Kier alpha value is -2.37. The summed E-state index contributed by atoms with van der Waals surface area (Å²) in [7, 11) is 0. The molecule has 25 heavy (non-hydrogen) atoms. The molecule has 0 aliphatic heterocycles. The zero-order chi connectivity index (χ0) is 18.1. The predicted octanol–water partition coefficient (Wildman–Crippen LogP) is 3.94. The Labute approximate surface area is 157 Å². The van der Waals surface area contributed by atoms with Gasteiger partial charge in [-0.2, -0.15) is 0 Å². The summed E-state index contributed by atoms with van der Waals surface area (Å²) in [5.74, 6) is 0.500. The van der Waals surface area contributed by atoms with Crippen molar-refractivity contribution in [3.05, 3.63) is 70.8 Å². The third kappa shape index (κ3) is 6.57. The minimum absolute atomic E-state index is 0.251. The molecule has 1 amide bonds. The molecule has 6 heteroatoms. The van der Waals surface area contributed by atoms with Gasteiger partial charge in [0.2, 0.25) is 5.91 Å². The molecule has 0 aliphatic carbocycles. The molecule has 0 spiro atoms. The van der Waals surface area contributed by atoms with Crippen molar-refractivity contribution >= 4 is 40.9 Å². The maximum Gasteiger partial charge on any atom is 0.250 e. The molecular weight excluding hydrogens is 356 g/mol. The lowest BCUT2D eigenvalue weighted by atomic mass is 10.2. The van der Waals surface area contributed by atoms with Crippen LogP contribution in [0.5, 0.6) is 5.75 Å². The quantitative estimate of drug-likeness (QED) is 0.594. The molecule has 2 aromatic rings. The maximum atomic E-state index is 11.9. The minimum atomic E-state index is -0.300. The van der Waals surface area contributed by atoms with Crippen LogP contribution in [0.25, 0.3) is 6.08 Å². The van der Waals surface area contributed by atoms with E-state index in [1.54, 1.807) is 12.1 Å². The van der Waals surface area contributed by atoms with Crippen LogP contribution in [0.4, 0.5) is 0 Å². The Morgan fingerprint density at radius 3 is 2.60 bits per heavy atom. The molecule has 0 radical (unpaired) electrons. The molecule has 0 bridgehead atoms. The van der Waals surface area contributed by atoms with Crippen molar-refractivity contribution < 1.29 is 9.53 Å². The monoisotopic (exact) mass is 374 g/mol. The van der Waals surface area contributed by atoms with Gasteiger partial charge >= 0.3 is 0 Å². The predicted molar refractivity (Wildman–Crippen MR) is 106 cm³/mol. The summed E-state index contributed by atoms with van der Waals surface area (Å²) in [4.78, 5) is 11.9. The normalized spacial score (nSPS) is 10.5. The van der Waals surface area contributed by atoms with Gasteiger partial charge in [0.05, 0.1) is 6.61 Å². The summed E-state index contributed by atoms with van der Waals surface area (Å²) in [6, 6.07) is 14.9. The molecule has 0 saturated heterocycles. The number of nitrogens with one attached hydrogen (secondary N) is 2. The molecular formula is C19H19ClN2O2S. The second-order valence-electron chi connectivity index (χ2n) is 5.10. The van der Waals surface area contributed by atoms with E-state index < -0.39 is 0 Å². The van der Waals surface area contributed by atoms with Crippen molar-refractivity contribution in [2.45, 2.75) is 13.5 Å². The topological polar surface area (TPSA) is 50.4 Å². The highest BCUT2D eigenvalue weighted by atomic mass is 35.5. The van der Waals surface area contributed by atoms with Crippen molar-refractivity contribution in [1.29, 1.82) is 0 Å². The van der Waals surface area contributed by atoms with Crippen LogP contribution in [-0.4, -0.2) is 17.6 Å². The first-order valence-electron chi connectivity index (χ1n) is 7.81. The number of benzene rings is 2. The molecule has 2 rings (SSSR count). The van der Waals surface area contributed by atoms with E-state index in [1.165, 1.54) is 6.08 Å². The average Bonchev–Trinajstić information content (AvgIpc) is 2.61. The SMILES string of the molecule is CCOc1ccc(/C=C/C(=O)NC(=S)NCc2ccccc2Cl)cc1. The number of ether oxygens (including phenoxy) is 1. The van der Waals surface area contributed by atoms with Crippen LogP contribution in [0.1, 0.15) is 18.1 Å². The zero-order valence-corrected chi connectivity index (χ0v) is 15.4. The van der Waals surface area contributed by atoms with E-state index in [4.69, 9.17) is 28.6 Å². The molecule has 4 nitrogen and oxygen atoms in total. The summed E-state index contributed by atoms with van der Waals surface area (Å²) in [5, 5.41) is 6.46. The smallest absolute Gasteiger partial charge is 0.250 e. The Balaban J connectivity index is 1.80. The van der Waals surface area contributed by atoms with E-state index >= 15 is 0 Å². The maximum absolute atomic E-state index is 11.9. The van der Waals surface area contributed by atoms with Crippen LogP contribution in [0.2, 0.25) is 5.02 Å². The standard InChI is InChI=1S/C19H19ClN2O2S/c1-2-24-16-10-7-14(8-11-16)9-12-18(23)22-19(25)21-13-15-5-3-4-6-17(15)20/h3-12H,2,13H2,1H3,(H2,21,22,23,25)/b12-9+. The minimum Gasteiger partial charge on any atom is -0.494 e. The Morgan fingerprint density at radius 1 is 1.20 bits per heavy atom. The fourth-order valence-electron chi connectivity index (χ4n) is 2.03. The van der Waals surface area contributed by atoms with E-state index in [-0.39, 0.29) is 11.0 Å². The van der Waals surface area contributed by atoms with E-state index in [0.29, 0.717) is 18.2 Å². The first kappa shape index (κ1) is 19.0. The van der Waals surface area contributed by atoms with Crippen molar-refractivity contribution in [3.8, 4) is 5.75 Å². The first-order chi connectivity index (χ1) is 12.1. The molecule has 0 heterocycles. The Morgan fingerprint density at radius 2 is 1.92 bits per heavy atom. The fourth-order valence-corrected chi connectivity index (χ4v) is 2.40. The van der Waals surface area contributed by atoms with Crippen molar-refractivity contribution in [2.75, 3.05) is 6.61 Å². The van der Waals surface area contributed by atoms with Crippen LogP contribution in [0.15, 0.2) is 54.6 Å². The lowest BCUT2D eigenvalue weighted by Crippen LogP contribution is -2.38. The van der Waals surface area contributed by atoms with Crippen molar-refractivity contribution in [1.82, 2.24) is 10.6 Å². The van der Waals surface area contributed by atoms with Gasteiger partial charge in [-0.3, -0.25) is 10.1 Å². The number of hydrogen-bond donors (Lipinski definition) is 2. The molecule has 0 unspecified atom stereocenters. The lowest BCUT2D eigenvalue weighted by molar-refractivity contribution is -0.115. The second kappa shape index (κ2) is 9.81. The number of amides is 1. The number of carbonyl (C=O) groups is 1. The summed E-state index contributed by atoms with van der Waals surface area (Å²) in [5.41, 5.74) is 1.80. The number of carbonyl (C=O) groups excluding carboxylic acids is 1. The molecule has 2 aromatic carbocycles. The number of rotatable bonds is 6. The average molecular weight is 375 g/mol. The summed E-state index contributed by atoms with van der Waals surface area (Å²) in [6.07, 6.45) is 3.14. The Bertz CT molecular complexity index is 760. The van der Waals surface area contributed by atoms with Crippen LogP contribution in [0, 0.1) is 0 Å². The second-order valence-corrected chi connectivity index (χ2v) is 5.91.